The molecular weight excluding hydrogens is 226 g/mol. The minimum atomic E-state index is -3.41. The molecule has 0 bridgehead atoms. The van der Waals surface area contributed by atoms with E-state index in [9.17, 15) is 8.42 Å². The number of hydrogen-bond donors (Lipinski definition) is 2. The number of nitrogens with one attached hydrogen (secondary N) is 2. The van der Waals surface area contributed by atoms with Gasteiger partial charge in [-0.15, -0.1) is 0 Å². The molecule has 1 fully saturated rings. The lowest BCUT2D eigenvalue weighted by molar-refractivity contribution is 0.475. The van der Waals surface area contributed by atoms with Gasteiger partial charge in [-0.1, -0.05) is 6.92 Å². The van der Waals surface area contributed by atoms with Crippen molar-refractivity contribution in [1.82, 2.24) is 14.7 Å². The summed E-state index contributed by atoms with van der Waals surface area (Å²) in [6.45, 7) is 4.36. The predicted octanol–water partition coefficient (Wildman–Crippen LogP) is 1.19. The minimum Gasteiger partial charge on any atom is -0.332 e. The van der Waals surface area contributed by atoms with Gasteiger partial charge in [0.05, 0.1) is 6.20 Å². The Kier molecular flexibility index (Phi) is 2.79. The quantitative estimate of drug-likeness (QED) is 0.815. The van der Waals surface area contributed by atoms with E-state index in [4.69, 9.17) is 0 Å². The van der Waals surface area contributed by atoms with Gasteiger partial charge < -0.3 is 4.98 Å². The third-order valence-electron chi connectivity index (χ3n) is 3.31. The average Bonchev–Trinajstić information content (AvgIpc) is 2.91. The molecule has 6 heteroatoms. The first-order chi connectivity index (χ1) is 7.47. The van der Waals surface area contributed by atoms with Gasteiger partial charge in [0.1, 0.15) is 5.82 Å². The zero-order valence-corrected chi connectivity index (χ0v) is 10.4. The summed E-state index contributed by atoms with van der Waals surface area (Å²) in [6, 6.07) is 0. The molecule has 0 unspecified atom stereocenters. The van der Waals surface area contributed by atoms with Crippen molar-refractivity contribution in [3.8, 4) is 0 Å². The number of imidazole rings is 1. The van der Waals surface area contributed by atoms with Crippen molar-refractivity contribution >= 4 is 10.0 Å². The summed E-state index contributed by atoms with van der Waals surface area (Å²) in [5.41, 5.74) is 0.210. The third-order valence-corrected chi connectivity index (χ3v) is 4.62. The number of aryl methyl sites for hydroxylation is 1. The fourth-order valence-electron chi connectivity index (χ4n) is 1.69. The van der Waals surface area contributed by atoms with E-state index in [1.54, 1.807) is 6.92 Å². The molecule has 0 aliphatic heterocycles. The summed E-state index contributed by atoms with van der Waals surface area (Å²) in [4.78, 5) is 6.62. The Balaban J connectivity index is 2.04. The van der Waals surface area contributed by atoms with Gasteiger partial charge in [-0.2, -0.15) is 0 Å². The number of hydrogen-bond acceptors (Lipinski definition) is 3. The molecule has 0 saturated heterocycles. The zero-order chi connectivity index (χ0) is 11.8. The molecule has 1 saturated carbocycles. The summed E-state index contributed by atoms with van der Waals surface area (Å²) < 4.78 is 26.4. The van der Waals surface area contributed by atoms with Crippen molar-refractivity contribution in [1.29, 1.82) is 0 Å². The number of H-pyrrole nitrogens is 1. The molecule has 1 aliphatic rings. The van der Waals surface area contributed by atoms with E-state index in [0.29, 0.717) is 12.4 Å². The van der Waals surface area contributed by atoms with Crippen LogP contribution in [0.5, 0.6) is 0 Å². The maximum absolute atomic E-state index is 11.9. The Bertz CT molecular complexity index is 474. The second-order valence-corrected chi connectivity index (χ2v) is 6.25. The van der Waals surface area contributed by atoms with Crippen molar-refractivity contribution < 1.29 is 8.42 Å². The van der Waals surface area contributed by atoms with E-state index < -0.39 is 10.0 Å². The molecule has 1 aliphatic carbocycles. The maximum Gasteiger partial charge on any atom is 0.257 e. The Labute approximate surface area is 95.7 Å². The minimum absolute atomic E-state index is 0.150. The summed E-state index contributed by atoms with van der Waals surface area (Å²) in [5.74, 6) is 0.608. The average molecular weight is 243 g/mol. The third kappa shape index (κ3) is 2.27. The van der Waals surface area contributed by atoms with Crippen LogP contribution < -0.4 is 4.72 Å². The molecule has 1 heterocycles. The molecule has 0 aromatic carbocycles. The Hall–Kier alpha value is -0.880. The van der Waals surface area contributed by atoms with Crippen LogP contribution in [0.1, 0.15) is 32.0 Å². The van der Waals surface area contributed by atoms with E-state index in [1.807, 2.05) is 0 Å². The summed E-state index contributed by atoms with van der Waals surface area (Å²) in [5, 5.41) is 0.150. The van der Waals surface area contributed by atoms with Gasteiger partial charge in [-0.25, -0.2) is 18.1 Å². The van der Waals surface area contributed by atoms with E-state index in [1.165, 1.54) is 6.20 Å². The highest BCUT2D eigenvalue weighted by molar-refractivity contribution is 7.89. The molecule has 0 amide bonds. The summed E-state index contributed by atoms with van der Waals surface area (Å²) in [6.07, 6.45) is 4.61. The van der Waals surface area contributed by atoms with Crippen LogP contribution in [0.25, 0.3) is 0 Å². The Morgan fingerprint density at radius 2 is 2.25 bits per heavy atom. The highest BCUT2D eigenvalue weighted by atomic mass is 32.2. The Morgan fingerprint density at radius 1 is 1.56 bits per heavy atom. The first-order valence-electron chi connectivity index (χ1n) is 5.49. The molecule has 16 heavy (non-hydrogen) atoms. The SMILES string of the molecule is CCC1(CNS(=O)(=O)c2cnc(C)[nH]2)CC1. The van der Waals surface area contributed by atoms with Gasteiger partial charge in [0.2, 0.25) is 0 Å². The standard InChI is InChI=1S/C10H17N3O2S/c1-3-10(4-5-10)7-12-16(14,15)9-6-11-8(2)13-9/h6,12H,3-5,7H2,1-2H3,(H,11,13). The van der Waals surface area contributed by atoms with Crippen molar-refractivity contribution in [3.63, 3.8) is 0 Å². The highest BCUT2D eigenvalue weighted by Gasteiger charge is 2.41. The lowest BCUT2D eigenvalue weighted by Crippen LogP contribution is -2.30. The maximum atomic E-state index is 11.9. The number of rotatable bonds is 5. The second kappa shape index (κ2) is 3.85. The first-order valence-corrected chi connectivity index (χ1v) is 6.97. The molecule has 0 spiro atoms. The lowest BCUT2D eigenvalue weighted by atomic mass is 10.1. The van der Waals surface area contributed by atoms with E-state index in [2.05, 4.69) is 21.6 Å². The molecular formula is C10H17N3O2S. The van der Waals surface area contributed by atoms with E-state index >= 15 is 0 Å². The van der Waals surface area contributed by atoms with Gasteiger partial charge in [0.25, 0.3) is 10.0 Å². The van der Waals surface area contributed by atoms with Gasteiger partial charge >= 0.3 is 0 Å². The zero-order valence-electron chi connectivity index (χ0n) is 9.58. The van der Waals surface area contributed by atoms with E-state index in [-0.39, 0.29) is 10.4 Å². The molecule has 1 aromatic rings. The molecule has 90 valence electrons. The van der Waals surface area contributed by atoms with Crippen LogP contribution in [0, 0.1) is 12.3 Å². The normalized spacial score (nSPS) is 18.6. The molecule has 5 nitrogen and oxygen atoms in total. The predicted molar refractivity (Wildman–Crippen MR) is 60.5 cm³/mol. The second-order valence-electron chi connectivity index (χ2n) is 4.51. The molecule has 2 rings (SSSR count). The van der Waals surface area contributed by atoms with Crippen LogP contribution in [-0.2, 0) is 10.0 Å². The van der Waals surface area contributed by atoms with Gasteiger partial charge in [-0.05, 0) is 31.6 Å². The monoisotopic (exact) mass is 243 g/mol. The lowest BCUT2D eigenvalue weighted by Gasteiger charge is -2.12. The van der Waals surface area contributed by atoms with Crippen LogP contribution in [0.3, 0.4) is 0 Å². The van der Waals surface area contributed by atoms with Crippen molar-refractivity contribution in [3.05, 3.63) is 12.0 Å². The van der Waals surface area contributed by atoms with Crippen LogP contribution in [0.4, 0.5) is 0 Å². The number of aromatic nitrogens is 2. The highest BCUT2D eigenvalue weighted by Crippen LogP contribution is 2.48. The molecule has 1 aromatic heterocycles. The van der Waals surface area contributed by atoms with Crippen LogP contribution in [-0.4, -0.2) is 24.9 Å². The van der Waals surface area contributed by atoms with Crippen LogP contribution in [0.15, 0.2) is 11.2 Å². The van der Waals surface area contributed by atoms with Gasteiger partial charge in [0.15, 0.2) is 5.03 Å². The molecule has 0 atom stereocenters. The fraction of sp³-hybridized carbons (Fsp3) is 0.700. The van der Waals surface area contributed by atoms with Crippen molar-refractivity contribution in [2.24, 2.45) is 5.41 Å². The number of nitrogens with zero attached hydrogens (tertiary/aromatic N) is 1. The summed E-state index contributed by atoms with van der Waals surface area (Å²) in [7, 11) is -3.41. The van der Waals surface area contributed by atoms with E-state index in [0.717, 1.165) is 19.3 Å². The largest absolute Gasteiger partial charge is 0.332 e. The number of aromatic amines is 1. The summed E-state index contributed by atoms with van der Waals surface area (Å²) >= 11 is 0. The smallest absolute Gasteiger partial charge is 0.257 e. The molecule has 0 radical (unpaired) electrons. The fourth-order valence-corrected chi connectivity index (χ4v) is 2.82. The first kappa shape index (κ1) is 11.6. The topological polar surface area (TPSA) is 74.8 Å². The van der Waals surface area contributed by atoms with Crippen LogP contribution in [0.2, 0.25) is 0 Å². The number of sulfonamides is 1. The Morgan fingerprint density at radius 3 is 2.69 bits per heavy atom. The van der Waals surface area contributed by atoms with Gasteiger partial charge in [0, 0.05) is 6.54 Å². The van der Waals surface area contributed by atoms with Crippen molar-refractivity contribution in [2.45, 2.75) is 38.1 Å². The van der Waals surface area contributed by atoms with Crippen LogP contribution >= 0.6 is 0 Å². The molecule has 2 N–H and O–H groups in total. The van der Waals surface area contributed by atoms with Gasteiger partial charge in [-0.3, -0.25) is 0 Å². The van der Waals surface area contributed by atoms with Crippen molar-refractivity contribution in [2.75, 3.05) is 6.54 Å².